The van der Waals surface area contributed by atoms with Crippen LogP contribution in [0.5, 0.6) is 11.5 Å². The lowest BCUT2D eigenvalue weighted by Crippen LogP contribution is -2.12. The fraction of sp³-hybridized carbons (Fsp3) is 0.450. The van der Waals surface area contributed by atoms with Crippen molar-refractivity contribution in [2.24, 2.45) is 5.92 Å². The molecule has 136 valence electrons. The average Bonchev–Trinajstić information content (AvgIpc) is 2.52. The predicted octanol–water partition coefficient (Wildman–Crippen LogP) is 4.09. The number of phenolic OH excluding ortho intramolecular Hbond substituents is 1. The molecule has 0 aliphatic carbocycles. The first-order chi connectivity index (χ1) is 11.8. The molecule has 2 N–H and O–H groups in total. The quantitative estimate of drug-likeness (QED) is 0.583. The van der Waals surface area contributed by atoms with E-state index in [1.54, 1.807) is 13.0 Å². The van der Waals surface area contributed by atoms with Gasteiger partial charge in [-0.2, -0.15) is 0 Å². The maximum absolute atomic E-state index is 12.0. The molecule has 5 nitrogen and oxygen atoms in total. The summed E-state index contributed by atoms with van der Waals surface area (Å²) in [5, 5.41) is 21.7. The highest BCUT2D eigenvalue weighted by Gasteiger charge is 2.26. The Morgan fingerprint density at radius 3 is 2.56 bits per heavy atom. The number of hydrogen-bond acceptors (Lipinski definition) is 5. The van der Waals surface area contributed by atoms with Crippen molar-refractivity contribution < 1.29 is 19.4 Å². The van der Waals surface area contributed by atoms with Crippen molar-refractivity contribution in [1.29, 1.82) is 0 Å². The van der Waals surface area contributed by atoms with Gasteiger partial charge in [-0.05, 0) is 25.8 Å². The van der Waals surface area contributed by atoms with Crippen molar-refractivity contribution in [3.8, 4) is 11.5 Å². The summed E-state index contributed by atoms with van der Waals surface area (Å²) in [6, 6.07) is 2.93. The number of aliphatic hydroxyl groups excluding tert-OH is 1. The number of hydrogen-bond donors (Lipinski definition) is 2. The molecule has 0 bridgehead atoms. The Morgan fingerprint density at radius 1 is 1.32 bits per heavy atom. The summed E-state index contributed by atoms with van der Waals surface area (Å²) in [5.41, 5.74) is 0.627. The lowest BCUT2D eigenvalue weighted by molar-refractivity contribution is 0.136. The zero-order valence-corrected chi connectivity index (χ0v) is 15.2. The van der Waals surface area contributed by atoms with Crippen LogP contribution in [0, 0.1) is 5.92 Å². The number of fused-ring (bicyclic) bond motifs is 1. The smallest absolute Gasteiger partial charge is 0.336 e. The van der Waals surface area contributed by atoms with Crippen LogP contribution in [0.2, 0.25) is 0 Å². The van der Waals surface area contributed by atoms with E-state index in [1.807, 2.05) is 20.8 Å². The summed E-state index contributed by atoms with van der Waals surface area (Å²) in [5.74, 6) is -0.0517. The summed E-state index contributed by atoms with van der Waals surface area (Å²) in [7, 11) is 0. The maximum atomic E-state index is 12.0. The van der Waals surface area contributed by atoms with E-state index in [4.69, 9.17) is 9.15 Å². The Balaban J connectivity index is 2.89. The van der Waals surface area contributed by atoms with E-state index < -0.39 is 11.7 Å². The third-order valence-corrected chi connectivity index (χ3v) is 4.13. The number of phenols is 1. The van der Waals surface area contributed by atoms with Gasteiger partial charge in [0.25, 0.3) is 0 Å². The molecule has 5 heteroatoms. The van der Waals surface area contributed by atoms with Crippen LogP contribution in [-0.2, 0) is 6.42 Å². The molecule has 25 heavy (non-hydrogen) atoms. The molecule has 0 amide bonds. The Bertz CT molecular complexity index is 819. The van der Waals surface area contributed by atoms with E-state index in [9.17, 15) is 15.0 Å². The number of aromatic hydroxyl groups is 1. The maximum Gasteiger partial charge on any atom is 0.336 e. The van der Waals surface area contributed by atoms with Gasteiger partial charge in [-0.15, -0.1) is 6.58 Å². The average molecular weight is 346 g/mol. The van der Waals surface area contributed by atoms with Gasteiger partial charge in [0.15, 0.2) is 5.58 Å². The first-order valence-electron chi connectivity index (χ1n) is 8.60. The summed E-state index contributed by atoms with van der Waals surface area (Å²) >= 11 is 0. The number of rotatable bonds is 7. The zero-order chi connectivity index (χ0) is 18.7. The lowest BCUT2D eigenvalue weighted by Gasteiger charge is -2.21. The van der Waals surface area contributed by atoms with Gasteiger partial charge in [-0.25, -0.2) is 4.79 Å². The molecule has 0 saturated heterocycles. The molecule has 1 heterocycles. The molecule has 0 radical (unpaired) electrons. The normalized spacial score (nSPS) is 13.8. The lowest BCUT2D eigenvalue weighted by atomic mass is 9.93. The van der Waals surface area contributed by atoms with E-state index in [1.165, 1.54) is 12.1 Å². The van der Waals surface area contributed by atoms with Gasteiger partial charge in [0, 0.05) is 18.1 Å². The van der Waals surface area contributed by atoms with Crippen LogP contribution < -0.4 is 10.4 Å². The van der Waals surface area contributed by atoms with Crippen LogP contribution in [0.15, 0.2) is 34.0 Å². The van der Waals surface area contributed by atoms with Crippen LogP contribution >= 0.6 is 0 Å². The Kier molecular flexibility index (Phi) is 5.90. The largest absolute Gasteiger partial charge is 0.507 e. The van der Waals surface area contributed by atoms with E-state index >= 15 is 0 Å². The van der Waals surface area contributed by atoms with Crippen LogP contribution in [0.25, 0.3) is 11.0 Å². The van der Waals surface area contributed by atoms with Crippen LogP contribution in [-0.4, -0.2) is 16.3 Å². The minimum Gasteiger partial charge on any atom is -0.507 e. The summed E-state index contributed by atoms with van der Waals surface area (Å²) in [4.78, 5) is 12.0. The van der Waals surface area contributed by atoms with Crippen molar-refractivity contribution in [3.63, 3.8) is 0 Å². The highest BCUT2D eigenvalue weighted by molar-refractivity contribution is 5.91. The highest BCUT2D eigenvalue weighted by Crippen LogP contribution is 2.42. The molecule has 0 fully saturated rings. The van der Waals surface area contributed by atoms with E-state index in [-0.39, 0.29) is 28.9 Å². The highest BCUT2D eigenvalue weighted by atomic mass is 16.5. The molecule has 0 saturated carbocycles. The third-order valence-electron chi connectivity index (χ3n) is 4.13. The summed E-state index contributed by atoms with van der Waals surface area (Å²) < 4.78 is 11.2. The molecular weight excluding hydrogens is 320 g/mol. The Hall–Kier alpha value is -2.27. The second kappa shape index (κ2) is 7.74. The van der Waals surface area contributed by atoms with Crippen molar-refractivity contribution in [3.05, 3.63) is 46.3 Å². The van der Waals surface area contributed by atoms with Gasteiger partial charge in [0.2, 0.25) is 0 Å². The molecule has 0 aliphatic rings. The number of benzene rings is 1. The fourth-order valence-electron chi connectivity index (χ4n) is 2.88. The molecule has 0 spiro atoms. The van der Waals surface area contributed by atoms with Crippen LogP contribution in [0.3, 0.4) is 0 Å². The number of aliphatic hydroxyl groups is 1. The zero-order valence-electron chi connectivity index (χ0n) is 15.2. The van der Waals surface area contributed by atoms with Gasteiger partial charge in [-0.3, -0.25) is 0 Å². The van der Waals surface area contributed by atoms with Gasteiger partial charge < -0.3 is 19.4 Å². The first-order valence-corrected chi connectivity index (χ1v) is 8.60. The third kappa shape index (κ3) is 3.87. The summed E-state index contributed by atoms with van der Waals surface area (Å²) in [6.07, 6.45) is 1.91. The molecule has 2 aromatic rings. The topological polar surface area (TPSA) is 79.9 Å². The molecule has 1 aromatic heterocycles. The van der Waals surface area contributed by atoms with Gasteiger partial charge in [0.1, 0.15) is 11.5 Å². The van der Waals surface area contributed by atoms with E-state index in [0.29, 0.717) is 17.6 Å². The molecule has 0 aliphatic heterocycles. The van der Waals surface area contributed by atoms with Crippen LogP contribution in [0.4, 0.5) is 0 Å². The summed E-state index contributed by atoms with van der Waals surface area (Å²) in [6.45, 7) is 11.2. The van der Waals surface area contributed by atoms with Crippen molar-refractivity contribution in [2.45, 2.75) is 52.7 Å². The van der Waals surface area contributed by atoms with E-state index in [0.717, 1.165) is 12.0 Å². The number of ether oxygens (including phenoxy) is 1. The van der Waals surface area contributed by atoms with Gasteiger partial charge in [0.05, 0.1) is 23.2 Å². The van der Waals surface area contributed by atoms with Crippen molar-refractivity contribution in [1.82, 2.24) is 0 Å². The van der Waals surface area contributed by atoms with Gasteiger partial charge >= 0.3 is 5.63 Å². The Labute approximate surface area is 147 Å². The number of aryl methyl sites for hydroxylation is 1. The Morgan fingerprint density at radius 2 is 2.00 bits per heavy atom. The van der Waals surface area contributed by atoms with E-state index in [2.05, 4.69) is 6.58 Å². The fourth-order valence-corrected chi connectivity index (χ4v) is 2.88. The minimum absolute atomic E-state index is 0.119. The molecule has 1 aromatic carbocycles. The van der Waals surface area contributed by atoms with Crippen molar-refractivity contribution in [2.75, 3.05) is 0 Å². The second-order valence-electron chi connectivity index (χ2n) is 6.56. The minimum atomic E-state index is -1.05. The molecule has 0 unspecified atom stereocenters. The van der Waals surface area contributed by atoms with Gasteiger partial charge in [-0.1, -0.05) is 26.3 Å². The molecule has 2 atom stereocenters. The first kappa shape index (κ1) is 19.1. The molecular formula is C20H26O5. The standard InChI is InChI=1S/C20H26O5/c1-6-8-13-9-16(22)25-20-17(13)15(24-11(3)4)10-14(21)18(20)19(23)12(5)7-2/h7,9-12,19,21,23H,2,6,8H2,1,3-5H3/t12-,19-/m0/s1. The van der Waals surface area contributed by atoms with Crippen LogP contribution in [0.1, 0.15) is 51.3 Å². The second-order valence-corrected chi connectivity index (χ2v) is 6.56. The predicted molar refractivity (Wildman–Crippen MR) is 98.2 cm³/mol. The SMILES string of the molecule is C=C[C@H](C)[C@H](O)c1c(O)cc(OC(C)C)c2c(CCC)cc(=O)oc12. The van der Waals surface area contributed by atoms with Crippen molar-refractivity contribution >= 4 is 11.0 Å². The monoisotopic (exact) mass is 346 g/mol. The molecule has 2 rings (SSSR count).